The van der Waals surface area contributed by atoms with Gasteiger partial charge in [-0.2, -0.15) is 0 Å². The Bertz CT molecular complexity index is 775. The van der Waals surface area contributed by atoms with Crippen LogP contribution in [0.3, 0.4) is 0 Å². The smallest absolute Gasteiger partial charge is 0.346 e. The van der Waals surface area contributed by atoms with Crippen LogP contribution in [0.2, 0.25) is 0 Å². The molecule has 0 bridgehead atoms. The van der Waals surface area contributed by atoms with E-state index in [1.54, 1.807) is 0 Å². The van der Waals surface area contributed by atoms with Gasteiger partial charge in [0.2, 0.25) is 5.91 Å². The molecule has 6 nitrogen and oxygen atoms in total. The van der Waals surface area contributed by atoms with Crippen molar-refractivity contribution in [1.82, 2.24) is 0 Å². The van der Waals surface area contributed by atoms with E-state index >= 15 is 0 Å². The molecule has 3 rings (SSSR count). The Balaban J connectivity index is 2.10. The molecule has 0 heterocycles. The van der Waals surface area contributed by atoms with Crippen molar-refractivity contribution in [2.75, 3.05) is 5.75 Å². The van der Waals surface area contributed by atoms with Gasteiger partial charge in [-0.25, -0.2) is 9.00 Å². The fourth-order valence-corrected chi connectivity index (χ4v) is 5.64. The number of aryl methyl sites for hydroxylation is 2. The first-order chi connectivity index (χ1) is 10.9. The summed E-state index contributed by atoms with van der Waals surface area (Å²) in [6, 6.07) is 1.26. The molecular formula is C16H21N3O3S. The van der Waals surface area contributed by atoms with E-state index in [1.807, 2.05) is 0 Å². The Morgan fingerprint density at radius 3 is 2.09 bits per heavy atom. The molecule has 0 radical (unpaired) electrons. The number of hydrogen-bond acceptors (Lipinski definition) is 3. The third-order valence-corrected chi connectivity index (χ3v) is 6.58. The number of hydrogen-bond donors (Lipinski definition) is 2. The first-order valence-electron chi connectivity index (χ1n) is 7.83. The highest BCUT2D eigenvalue weighted by Crippen LogP contribution is 2.36. The first-order valence-corrected chi connectivity index (χ1v) is 9.69. The zero-order valence-electron chi connectivity index (χ0n) is 13.0. The fourth-order valence-electron chi connectivity index (χ4n) is 3.84. The zero-order valence-corrected chi connectivity index (χ0v) is 13.8. The summed E-state index contributed by atoms with van der Waals surface area (Å²) in [6.07, 6.45) is 6.10. The van der Waals surface area contributed by atoms with Crippen LogP contribution in [0.15, 0.2) is 10.4 Å². The fraction of sp³-hybridized carbons (Fsp3) is 0.500. The standard InChI is InChI=1S/C16H21N3O3S/c17-15(20)9-23(22,19-16(18)21)8-14-12-5-1-3-10(12)7-11-4-2-6-13(11)14/h7H,1-6,8-9H2,(H2,17,20)(H2,18,21). The maximum atomic E-state index is 13.0. The quantitative estimate of drug-likeness (QED) is 0.861. The molecule has 1 aromatic carbocycles. The molecule has 0 spiro atoms. The highest BCUT2D eigenvalue weighted by Gasteiger charge is 2.27. The highest BCUT2D eigenvalue weighted by molar-refractivity contribution is 7.93. The van der Waals surface area contributed by atoms with Gasteiger partial charge >= 0.3 is 6.03 Å². The first kappa shape index (κ1) is 16.0. The van der Waals surface area contributed by atoms with E-state index < -0.39 is 27.4 Å². The van der Waals surface area contributed by atoms with Gasteiger partial charge in [0.25, 0.3) is 0 Å². The molecule has 0 saturated heterocycles. The third kappa shape index (κ3) is 3.24. The van der Waals surface area contributed by atoms with Crippen molar-refractivity contribution in [2.24, 2.45) is 15.8 Å². The Morgan fingerprint density at radius 2 is 1.61 bits per heavy atom. The van der Waals surface area contributed by atoms with Crippen LogP contribution in [-0.2, 0) is 46.0 Å². The summed E-state index contributed by atoms with van der Waals surface area (Å²) in [5.41, 5.74) is 16.4. The van der Waals surface area contributed by atoms with Crippen molar-refractivity contribution in [3.05, 3.63) is 33.9 Å². The minimum atomic E-state index is -3.11. The van der Waals surface area contributed by atoms with E-state index in [-0.39, 0.29) is 5.75 Å². The van der Waals surface area contributed by atoms with E-state index in [1.165, 1.54) is 22.3 Å². The van der Waals surface area contributed by atoms with Crippen molar-refractivity contribution in [1.29, 1.82) is 0 Å². The molecule has 1 atom stereocenters. The average molecular weight is 335 g/mol. The van der Waals surface area contributed by atoms with Crippen LogP contribution in [0.5, 0.6) is 0 Å². The normalized spacial score (nSPS) is 18.1. The Hall–Kier alpha value is -1.89. The lowest BCUT2D eigenvalue weighted by atomic mass is 9.95. The minimum Gasteiger partial charge on any atom is -0.369 e. The Morgan fingerprint density at radius 1 is 1.04 bits per heavy atom. The molecule has 0 aliphatic heterocycles. The van der Waals surface area contributed by atoms with Crippen LogP contribution in [0.1, 0.15) is 40.7 Å². The van der Waals surface area contributed by atoms with Gasteiger partial charge < -0.3 is 11.5 Å². The van der Waals surface area contributed by atoms with Crippen LogP contribution in [0, 0.1) is 0 Å². The lowest BCUT2D eigenvalue weighted by molar-refractivity contribution is -0.115. The molecule has 0 saturated carbocycles. The Labute approximate surface area is 135 Å². The number of rotatable bonds is 4. The van der Waals surface area contributed by atoms with Gasteiger partial charge in [0.05, 0.1) is 15.5 Å². The molecule has 2 aliphatic rings. The second kappa shape index (κ2) is 5.96. The van der Waals surface area contributed by atoms with E-state index in [4.69, 9.17) is 11.5 Å². The number of fused-ring (bicyclic) bond motifs is 2. The van der Waals surface area contributed by atoms with Crippen molar-refractivity contribution in [2.45, 2.75) is 44.3 Å². The maximum Gasteiger partial charge on any atom is 0.346 e. The topological polar surface area (TPSA) is 116 Å². The minimum absolute atomic E-state index is 0.0877. The van der Waals surface area contributed by atoms with Gasteiger partial charge in [-0.3, -0.25) is 4.79 Å². The predicted octanol–water partition coefficient (Wildman–Crippen LogP) is 1.20. The van der Waals surface area contributed by atoms with Crippen LogP contribution < -0.4 is 11.5 Å². The van der Waals surface area contributed by atoms with Gasteiger partial charge in [0.15, 0.2) is 0 Å². The van der Waals surface area contributed by atoms with Gasteiger partial charge in [-0.1, -0.05) is 6.07 Å². The van der Waals surface area contributed by atoms with Crippen molar-refractivity contribution >= 4 is 21.7 Å². The molecule has 3 amide bonds. The zero-order chi connectivity index (χ0) is 16.6. The lowest BCUT2D eigenvalue weighted by Gasteiger charge is -2.17. The summed E-state index contributed by atoms with van der Waals surface area (Å²) >= 11 is 0. The van der Waals surface area contributed by atoms with Gasteiger partial charge in [-0.05, 0) is 66.3 Å². The van der Waals surface area contributed by atoms with Crippen LogP contribution in [-0.4, -0.2) is 21.9 Å². The maximum absolute atomic E-state index is 13.0. The van der Waals surface area contributed by atoms with Gasteiger partial charge in [0.1, 0.15) is 5.75 Å². The number of amides is 3. The van der Waals surface area contributed by atoms with E-state index in [0.29, 0.717) is 0 Å². The number of carbonyl (C=O) groups is 2. The summed E-state index contributed by atoms with van der Waals surface area (Å²) in [5.74, 6) is -1.08. The highest BCUT2D eigenvalue weighted by atomic mass is 32.2. The molecule has 1 aromatic rings. The number of benzene rings is 1. The molecule has 124 valence electrons. The number of primary amides is 2. The molecule has 4 N–H and O–H groups in total. The van der Waals surface area contributed by atoms with Crippen LogP contribution in [0.4, 0.5) is 4.79 Å². The van der Waals surface area contributed by atoms with Gasteiger partial charge in [-0.15, -0.1) is 4.36 Å². The van der Waals surface area contributed by atoms with Crippen molar-refractivity contribution < 1.29 is 13.8 Å². The summed E-state index contributed by atoms with van der Waals surface area (Å²) in [4.78, 5) is 22.5. The summed E-state index contributed by atoms with van der Waals surface area (Å²) in [6.45, 7) is 0. The number of carbonyl (C=O) groups excluding carboxylic acids is 2. The second-order valence-electron chi connectivity index (χ2n) is 6.29. The summed E-state index contributed by atoms with van der Waals surface area (Å²) in [5, 5.41) is 0. The number of urea groups is 1. The molecule has 23 heavy (non-hydrogen) atoms. The van der Waals surface area contributed by atoms with Crippen LogP contribution >= 0.6 is 0 Å². The van der Waals surface area contributed by atoms with Gasteiger partial charge in [0, 0.05) is 0 Å². The molecule has 0 aromatic heterocycles. The average Bonchev–Trinajstić information content (AvgIpc) is 3.03. The summed E-state index contributed by atoms with van der Waals surface area (Å²) in [7, 11) is -3.11. The number of nitrogens with two attached hydrogens (primary N) is 2. The molecule has 1 unspecified atom stereocenters. The predicted molar refractivity (Wildman–Crippen MR) is 88.4 cm³/mol. The molecule has 7 heteroatoms. The molecular weight excluding hydrogens is 314 g/mol. The van der Waals surface area contributed by atoms with E-state index in [9.17, 15) is 13.8 Å². The SMILES string of the molecule is NC(=O)CS(=O)(Cc1c2c(cc3c1CCC3)CCC2)=NC(N)=O. The largest absolute Gasteiger partial charge is 0.369 e. The number of nitrogens with zero attached hydrogens (tertiary/aromatic N) is 1. The lowest BCUT2D eigenvalue weighted by Crippen LogP contribution is -2.26. The second-order valence-corrected chi connectivity index (χ2v) is 8.60. The monoisotopic (exact) mass is 335 g/mol. The van der Waals surface area contributed by atoms with Crippen molar-refractivity contribution in [3.63, 3.8) is 0 Å². The van der Waals surface area contributed by atoms with Crippen LogP contribution in [0.25, 0.3) is 0 Å². The summed E-state index contributed by atoms with van der Waals surface area (Å²) < 4.78 is 16.6. The molecule has 0 fully saturated rings. The molecule has 2 aliphatic carbocycles. The van der Waals surface area contributed by atoms with E-state index in [2.05, 4.69) is 10.4 Å². The van der Waals surface area contributed by atoms with Crippen molar-refractivity contribution in [3.8, 4) is 0 Å². The van der Waals surface area contributed by atoms with E-state index in [0.717, 1.165) is 44.1 Å². The Kier molecular flexibility index (Phi) is 4.14. The third-order valence-electron chi connectivity index (χ3n) is 4.59.